The van der Waals surface area contributed by atoms with Gasteiger partial charge in [-0.05, 0) is 17.7 Å². The summed E-state index contributed by atoms with van der Waals surface area (Å²) in [4.78, 5) is 13.9. The standard InChI is InChI=1S/C13H17BrClNO2/c1-18-8-7-16(6-5-14)13(17)10-11-3-2-4-12(15)9-11/h2-4,9H,5-8,10H2,1H3. The molecule has 100 valence electrons. The molecule has 0 saturated heterocycles. The quantitative estimate of drug-likeness (QED) is 0.718. The number of rotatable bonds is 7. The molecule has 0 aliphatic rings. The van der Waals surface area contributed by atoms with Gasteiger partial charge in [0.15, 0.2) is 0 Å². The Bertz CT molecular complexity index is 387. The minimum atomic E-state index is 0.0915. The van der Waals surface area contributed by atoms with E-state index >= 15 is 0 Å². The van der Waals surface area contributed by atoms with Crippen LogP contribution in [-0.2, 0) is 16.0 Å². The number of carbonyl (C=O) groups excluding carboxylic acids is 1. The van der Waals surface area contributed by atoms with Crippen molar-refractivity contribution in [3.8, 4) is 0 Å². The monoisotopic (exact) mass is 333 g/mol. The van der Waals surface area contributed by atoms with E-state index in [2.05, 4.69) is 15.9 Å². The van der Waals surface area contributed by atoms with Crippen LogP contribution < -0.4 is 0 Å². The van der Waals surface area contributed by atoms with Crippen molar-refractivity contribution in [3.05, 3.63) is 34.9 Å². The molecule has 0 heterocycles. The summed E-state index contributed by atoms with van der Waals surface area (Å²) < 4.78 is 5.01. The van der Waals surface area contributed by atoms with Crippen LogP contribution in [-0.4, -0.2) is 42.9 Å². The molecular formula is C13H17BrClNO2. The highest BCUT2D eigenvalue weighted by molar-refractivity contribution is 9.09. The Morgan fingerprint density at radius 1 is 1.44 bits per heavy atom. The summed E-state index contributed by atoms with van der Waals surface area (Å²) in [6.07, 6.45) is 0.372. The lowest BCUT2D eigenvalue weighted by Gasteiger charge is -2.21. The van der Waals surface area contributed by atoms with E-state index < -0.39 is 0 Å². The van der Waals surface area contributed by atoms with E-state index in [1.807, 2.05) is 18.2 Å². The van der Waals surface area contributed by atoms with Gasteiger partial charge in [-0.2, -0.15) is 0 Å². The third-order valence-corrected chi connectivity index (χ3v) is 3.11. The maximum Gasteiger partial charge on any atom is 0.227 e. The van der Waals surface area contributed by atoms with Gasteiger partial charge in [-0.25, -0.2) is 0 Å². The third kappa shape index (κ3) is 5.38. The van der Waals surface area contributed by atoms with Crippen molar-refractivity contribution in [2.24, 2.45) is 0 Å². The van der Waals surface area contributed by atoms with E-state index in [9.17, 15) is 4.79 Å². The Morgan fingerprint density at radius 3 is 2.83 bits per heavy atom. The molecule has 0 N–H and O–H groups in total. The fourth-order valence-electron chi connectivity index (χ4n) is 1.60. The molecule has 0 saturated carbocycles. The summed E-state index contributed by atoms with van der Waals surface area (Å²) in [6.45, 7) is 1.85. The zero-order valence-corrected chi connectivity index (χ0v) is 12.7. The number of methoxy groups -OCH3 is 1. The first-order chi connectivity index (χ1) is 8.67. The van der Waals surface area contributed by atoms with Crippen LogP contribution >= 0.6 is 27.5 Å². The van der Waals surface area contributed by atoms with Gasteiger partial charge in [0.05, 0.1) is 13.0 Å². The fourth-order valence-corrected chi connectivity index (χ4v) is 2.24. The molecule has 1 amide bonds. The first-order valence-corrected chi connectivity index (χ1v) is 7.24. The Hall–Kier alpha value is -0.580. The number of benzene rings is 1. The zero-order chi connectivity index (χ0) is 13.4. The van der Waals surface area contributed by atoms with Crippen molar-refractivity contribution < 1.29 is 9.53 Å². The topological polar surface area (TPSA) is 29.5 Å². The number of hydrogen-bond acceptors (Lipinski definition) is 2. The van der Waals surface area contributed by atoms with Crippen molar-refractivity contribution in [3.63, 3.8) is 0 Å². The minimum absolute atomic E-state index is 0.0915. The first kappa shape index (κ1) is 15.5. The molecule has 0 unspecified atom stereocenters. The van der Waals surface area contributed by atoms with Crippen LogP contribution in [0.15, 0.2) is 24.3 Å². The van der Waals surface area contributed by atoms with Crippen molar-refractivity contribution in [2.45, 2.75) is 6.42 Å². The number of nitrogens with zero attached hydrogens (tertiary/aromatic N) is 1. The summed E-state index contributed by atoms with van der Waals surface area (Å²) in [5.74, 6) is 0.0915. The molecule has 1 rings (SSSR count). The predicted molar refractivity (Wildman–Crippen MR) is 77.4 cm³/mol. The van der Waals surface area contributed by atoms with Crippen LogP contribution in [0.25, 0.3) is 0 Å². The lowest BCUT2D eigenvalue weighted by Crippen LogP contribution is -2.36. The summed E-state index contributed by atoms with van der Waals surface area (Å²) in [5.41, 5.74) is 0.935. The Labute approximate surface area is 121 Å². The third-order valence-electron chi connectivity index (χ3n) is 2.52. The smallest absolute Gasteiger partial charge is 0.227 e. The predicted octanol–water partition coefficient (Wildman–Crippen LogP) is 2.75. The van der Waals surface area contributed by atoms with E-state index in [-0.39, 0.29) is 5.91 Å². The maximum absolute atomic E-state index is 12.1. The molecule has 3 nitrogen and oxygen atoms in total. The van der Waals surface area contributed by atoms with E-state index in [1.165, 1.54) is 0 Å². The molecule has 18 heavy (non-hydrogen) atoms. The van der Waals surface area contributed by atoms with E-state index in [4.69, 9.17) is 16.3 Å². The van der Waals surface area contributed by atoms with Crippen LogP contribution in [0.3, 0.4) is 0 Å². The highest BCUT2D eigenvalue weighted by atomic mass is 79.9. The first-order valence-electron chi connectivity index (χ1n) is 5.74. The zero-order valence-electron chi connectivity index (χ0n) is 10.4. The van der Waals surface area contributed by atoms with Gasteiger partial charge < -0.3 is 9.64 Å². The number of amides is 1. The number of carbonyl (C=O) groups is 1. The second-order valence-corrected chi connectivity index (χ2v) is 5.10. The largest absolute Gasteiger partial charge is 0.383 e. The summed E-state index contributed by atoms with van der Waals surface area (Å²) in [7, 11) is 1.63. The van der Waals surface area contributed by atoms with Crippen LogP contribution in [0, 0.1) is 0 Å². The van der Waals surface area contributed by atoms with Gasteiger partial charge in [0.2, 0.25) is 5.91 Å². The lowest BCUT2D eigenvalue weighted by molar-refractivity contribution is -0.130. The highest BCUT2D eigenvalue weighted by Crippen LogP contribution is 2.12. The molecule has 0 spiro atoms. The molecular weight excluding hydrogens is 318 g/mol. The van der Waals surface area contributed by atoms with Crippen LogP contribution in [0.1, 0.15) is 5.56 Å². The highest BCUT2D eigenvalue weighted by Gasteiger charge is 2.13. The summed E-state index contributed by atoms with van der Waals surface area (Å²) in [6, 6.07) is 7.39. The average Bonchev–Trinajstić information content (AvgIpc) is 2.34. The van der Waals surface area contributed by atoms with Crippen molar-refractivity contribution in [2.75, 3.05) is 32.1 Å². The summed E-state index contributed by atoms with van der Waals surface area (Å²) >= 11 is 9.25. The molecule has 0 aliphatic heterocycles. The van der Waals surface area contributed by atoms with Crippen molar-refractivity contribution in [1.82, 2.24) is 4.90 Å². The molecule has 5 heteroatoms. The Morgan fingerprint density at radius 2 is 2.22 bits per heavy atom. The normalized spacial score (nSPS) is 10.4. The van der Waals surface area contributed by atoms with E-state index in [0.29, 0.717) is 31.1 Å². The second-order valence-electron chi connectivity index (χ2n) is 3.87. The van der Waals surface area contributed by atoms with Crippen LogP contribution in [0.4, 0.5) is 0 Å². The van der Waals surface area contributed by atoms with Crippen LogP contribution in [0.2, 0.25) is 5.02 Å². The SMILES string of the molecule is COCCN(CCBr)C(=O)Cc1cccc(Cl)c1. The fraction of sp³-hybridized carbons (Fsp3) is 0.462. The number of ether oxygens (including phenoxy) is 1. The summed E-state index contributed by atoms with van der Waals surface area (Å²) in [5, 5.41) is 1.42. The molecule has 0 radical (unpaired) electrons. The van der Waals surface area contributed by atoms with Gasteiger partial charge in [-0.15, -0.1) is 0 Å². The number of halogens is 2. The number of hydrogen-bond donors (Lipinski definition) is 0. The van der Waals surface area contributed by atoms with Gasteiger partial charge in [0.25, 0.3) is 0 Å². The van der Waals surface area contributed by atoms with Gasteiger partial charge >= 0.3 is 0 Å². The van der Waals surface area contributed by atoms with Gasteiger partial charge in [-0.3, -0.25) is 4.79 Å². The van der Waals surface area contributed by atoms with E-state index in [0.717, 1.165) is 10.9 Å². The molecule has 0 fully saturated rings. The van der Waals surface area contributed by atoms with Gasteiger partial charge in [-0.1, -0.05) is 39.7 Å². The molecule has 0 bridgehead atoms. The second kappa shape index (κ2) is 8.51. The molecule has 1 aromatic rings. The minimum Gasteiger partial charge on any atom is -0.383 e. The lowest BCUT2D eigenvalue weighted by atomic mass is 10.1. The van der Waals surface area contributed by atoms with Gasteiger partial charge in [0.1, 0.15) is 0 Å². The van der Waals surface area contributed by atoms with Crippen molar-refractivity contribution in [1.29, 1.82) is 0 Å². The van der Waals surface area contributed by atoms with Crippen LogP contribution in [0.5, 0.6) is 0 Å². The molecule has 0 atom stereocenters. The number of alkyl halides is 1. The van der Waals surface area contributed by atoms with Crippen molar-refractivity contribution >= 4 is 33.4 Å². The molecule has 0 aliphatic carbocycles. The van der Waals surface area contributed by atoms with E-state index in [1.54, 1.807) is 18.1 Å². The van der Waals surface area contributed by atoms with Gasteiger partial charge in [0, 0.05) is 30.6 Å². The molecule has 1 aromatic carbocycles. The Kier molecular flexibility index (Phi) is 7.32. The molecule has 0 aromatic heterocycles. The maximum atomic E-state index is 12.1. The Balaban J connectivity index is 2.60. The average molecular weight is 335 g/mol.